The average molecular weight is 330 g/mol. The molecule has 11 heteroatoms. The van der Waals surface area contributed by atoms with E-state index in [4.69, 9.17) is 5.39 Å². The average Bonchev–Trinajstić information content (AvgIpc) is 2.58. The summed E-state index contributed by atoms with van der Waals surface area (Å²) in [4.78, 5) is 36.7. The van der Waals surface area contributed by atoms with Gasteiger partial charge in [0.1, 0.15) is 0 Å². The number of anilines is 1. The van der Waals surface area contributed by atoms with Gasteiger partial charge in [-0.15, -0.1) is 0 Å². The number of non-ortho nitro benzene ring substituents is 1. The normalized spacial score (nSPS) is 10.5. The van der Waals surface area contributed by atoms with E-state index in [1.807, 2.05) is 0 Å². The minimum atomic E-state index is -0.784. The SMILES string of the molecule is Cn1c(N/N=C\c2ccc([N+](=O)[O-])cc2)c([N+]#N)c(=O)n(C)c1=O. The highest BCUT2D eigenvalue weighted by molar-refractivity contribution is 5.81. The van der Waals surface area contributed by atoms with Crippen LogP contribution >= 0.6 is 0 Å². The molecule has 2 aromatic rings. The molecule has 1 aromatic heterocycles. The van der Waals surface area contributed by atoms with E-state index in [0.717, 1.165) is 9.13 Å². The summed E-state index contributed by atoms with van der Waals surface area (Å²) >= 11 is 0. The Morgan fingerprint density at radius 1 is 1.25 bits per heavy atom. The number of hydrazone groups is 1. The number of nitro groups is 1. The van der Waals surface area contributed by atoms with Crippen LogP contribution in [0.25, 0.3) is 4.98 Å². The summed E-state index contributed by atoms with van der Waals surface area (Å²) in [6, 6.07) is 5.57. The molecule has 0 amide bonds. The molecule has 0 unspecified atom stereocenters. The number of rotatable bonds is 4. The molecule has 2 rings (SSSR count). The first kappa shape index (κ1) is 16.6. The quantitative estimate of drug-likeness (QED) is 0.382. The molecule has 0 aliphatic heterocycles. The van der Waals surface area contributed by atoms with Crippen molar-refractivity contribution in [2.24, 2.45) is 19.2 Å². The van der Waals surface area contributed by atoms with Crippen LogP contribution in [0.15, 0.2) is 39.0 Å². The number of hydrogen-bond donors (Lipinski definition) is 1. The number of hydrogen-bond acceptors (Lipinski definition) is 7. The molecule has 122 valence electrons. The molecule has 0 fully saturated rings. The molecule has 0 spiro atoms. The summed E-state index contributed by atoms with van der Waals surface area (Å²) in [6.07, 6.45) is 1.33. The van der Waals surface area contributed by atoms with Gasteiger partial charge in [-0.25, -0.2) is 4.79 Å². The van der Waals surface area contributed by atoms with Crippen molar-refractivity contribution < 1.29 is 4.92 Å². The lowest BCUT2D eigenvalue weighted by atomic mass is 10.2. The lowest BCUT2D eigenvalue weighted by Gasteiger charge is -2.05. The molecular formula is C13H12N7O4+. The molecule has 24 heavy (non-hydrogen) atoms. The second kappa shape index (κ2) is 6.53. The van der Waals surface area contributed by atoms with E-state index in [1.54, 1.807) is 0 Å². The standard InChI is InChI=1S/C13H11N7O4/c1-18-11(10(16-14)12(21)19(2)13(18)22)17-15-7-8-3-5-9(6-4-8)20(23)24/h3-7H,1-2H3/p+1/b15-7-. The maximum Gasteiger partial charge on any atom is 0.491 e. The van der Waals surface area contributed by atoms with E-state index in [0.29, 0.717) is 5.56 Å². The number of nitro benzene ring substituents is 1. The summed E-state index contributed by atoms with van der Waals surface area (Å²) < 4.78 is 1.85. The summed E-state index contributed by atoms with van der Waals surface area (Å²) in [5.41, 5.74) is 1.16. The number of nitrogens with one attached hydrogen (secondary N) is 1. The maximum atomic E-state index is 11.9. The Balaban J connectivity index is 2.33. The van der Waals surface area contributed by atoms with Crippen molar-refractivity contribution in [3.63, 3.8) is 0 Å². The van der Waals surface area contributed by atoms with Crippen LogP contribution in [0.5, 0.6) is 0 Å². The van der Waals surface area contributed by atoms with Crippen LogP contribution in [0.1, 0.15) is 5.56 Å². The second-order valence-corrected chi connectivity index (χ2v) is 4.72. The summed E-state index contributed by atoms with van der Waals surface area (Å²) in [5, 5.41) is 23.4. The van der Waals surface area contributed by atoms with Gasteiger partial charge in [0.25, 0.3) is 5.69 Å². The highest BCUT2D eigenvalue weighted by Gasteiger charge is 2.26. The smallest absolute Gasteiger partial charge is 0.275 e. The van der Waals surface area contributed by atoms with Crippen LogP contribution in [-0.4, -0.2) is 20.3 Å². The third-order valence-electron chi connectivity index (χ3n) is 3.23. The van der Waals surface area contributed by atoms with Gasteiger partial charge < -0.3 is 0 Å². The monoisotopic (exact) mass is 330 g/mol. The summed E-state index contributed by atoms with van der Waals surface area (Å²) in [7, 11) is 2.63. The zero-order valence-electron chi connectivity index (χ0n) is 12.7. The number of benzene rings is 1. The van der Waals surface area contributed by atoms with Crippen molar-refractivity contribution in [2.75, 3.05) is 5.43 Å². The Morgan fingerprint density at radius 3 is 2.42 bits per heavy atom. The molecule has 0 saturated carbocycles. The van der Waals surface area contributed by atoms with E-state index in [1.165, 1.54) is 44.6 Å². The van der Waals surface area contributed by atoms with E-state index in [-0.39, 0.29) is 17.2 Å². The van der Waals surface area contributed by atoms with Gasteiger partial charge in [-0.05, 0) is 17.7 Å². The zero-order valence-corrected chi connectivity index (χ0v) is 12.7. The predicted octanol–water partition coefficient (Wildman–Crippen LogP) is 0.923. The van der Waals surface area contributed by atoms with Gasteiger partial charge in [0.2, 0.25) is 11.2 Å². The third kappa shape index (κ3) is 3.02. The molecular weight excluding hydrogens is 318 g/mol. The molecule has 0 aliphatic carbocycles. The Hall–Kier alpha value is -3.81. The van der Waals surface area contributed by atoms with Gasteiger partial charge >= 0.3 is 16.9 Å². The fourth-order valence-corrected chi connectivity index (χ4v) is 1.89. The minimum Gasteiger partial charge on any atom is -0.275 e. The number of nitrogens with zero attached hydrogens (tertiary/aromatic N) is 6. The first-order valence-corrected chi connectivity index (χ1v) is 6.55. The maximum absolute atomic E-state index is 11.9. The molecule has 0 bridgehead atoms. The molecule has 0 atom stereocenters. The third-order valence-corrected chi connectivity index (χ3v) is 3.23. The molecule has 11 nitrogen and oxygen atoms in total. The van der Waals surface area contributed by atoms with E-state index in [9.17, 15) is 19.7 Å². The fraction of sp³-hybridized carbons (Fsp3) is 0.154. The zero-order chi connectivity index (χ0) is 17.9. The van der Waals surface area contributed by atoms with E-state index >= 15 is 0 Å². The number of aromatic nitrogens is 2. The second-order valence-electron chi connectivity index (χ2n) is 4.72. The Morgan fingerprint density at radius 2 is 1.88 bits per heavy atom. The lowest BCUT2D eigenvalue weighted by molar-refractivity contribution is -0.384. The van der Waals surface area contributed by atoms with E-state index in [2.05, 4.69) is 15.5 Å². The highest BCUT2D eigenvalue weighted by Crippen LogP contribution is 2.17. The fourth-order valence-electron chi connectivity index (χ4n) is 1.89. The first-order valence-electron chi connectivity index (χ1n) is 6.55. The van der Waals surface area contributed by atoms with Gasteiger partial charge in [-0.2, -0.15) is 5.10 Å². The van der Waals surface area contributed by atoms with Gasteiger partial charge in [0.05, 0.1) is 11.1 Å². The van der Waals surface area contributed by atoms with Crippen LogP contribution < -0.4 is 16.7 Å². The molecule has 0 aliphatic rings. The molecule has 1 aromatic carbocycles. The van der Waals surface area contributed by atoms with Crippen LogP contribution in [0, 0.1) is 15.5 Å². The first-order chi connectivity index (χ1) is 11.4. The van der Waals surface area contributed by atoms with Crippen LogP contribution in [-0.2, 0) is 14.1 Å². The van der Waals surface area contributed by atoms with Crippen molar-refractivity contribution in [3.05, 3.63) is 65.8 Å². The topological polar surface area (TPSA) is 140 Å². The number of diazo groups is 1. The molecule has 0 saturated heterocycles. The van der Waals surface area contributed by atoms with Crippen LogP contribution in [0.4, 0.5) is 17.2 Å². The molecule has 1 N–H and O–H groups in total. The van der Waals surface area contributed by atoms with Crippen molar-refractivity contribution in [2.45, 2.75) is 0 Å². The summed E-state index contributed by atoms with van der Waals surface area (Å²) in [5.74, 6) is -0.0937. The Labute approximate surface area is 134 Å². The Bertz CT molecular complexity index is 980. The van der Waals surface area contributed by atoms with Gasteiger partial charge in [-0.3, -0.25) is 29.5 Å². The van der Waals surface area contributed by atoms with Gasteiger partial charge in [-0.1, -0.05) is 0 Å². The van der Waals surface area contributed by atoms with Gasteiger partial charge in [0.15, 0.2) is 4.98 Å². The minimum absolute atomic E-state index is 0.0598. The van der Waals surface area contributed by atoms with Gasteiger partial charge in [0, 0.05) is 26.2 Å². The highest BCUT2D eigenvalue weighted by atomic mass is 16.6. The predicted molar refractivity (Wildman–Crippen MR) is 86.0 cm³/mol. The van der Waals surface area contributed by atoms with Crippen molar-refractivity contribution >= 4 is 23.4 Å². The van der Waals surface area contributed by atoms with E-state index < -0.39 is 16.2 Å². The van der Waals surface area contributed by atoms with Crippen molar-refractivity contribution in [1.82, 2.24) is 9.13 Å². The molecule has 1 heterocycles. The van der Waals surface area contributed by atoms with Crippen LogP contribution in [0.2, 0.25) is 0 Å². The lowest BCUT2D eigenvalue weighted by Crippen LogP contribution is -2.37. The van der Waals surface area contributed by atoms with Crippen molar-refractivity contribution in [3.8, 4) is 0 Å². The largest absolute Gasteiger partial charge is 0.491 e. The van der Waals surface area contributed by atoms with Crippen molar-refractivity contribution in [1.29, 1.82) is 5.39 Å². The summed E-state index contributed by atoms with van der Waals surface area (Å²) in [6.45, 7) is 0. The van der Waals surface area contributed by atoms with Crippen LogP contribution in [0.3, 0.4) is 0 Å². The Kier molecular flexibility index (Phi) is 4.50. The molecule has 0 radical (unpaired) electrons.